The van der Waals surface area contributed by atoms with E-state index in [9.17, 15) is 9.59 Å². The van der Waals surface area contributed by atoms with Gasteiger partial charge in [0.2, 0.25) is 5.91 Å². The highest BCUT2D eigenvalue weighted by Crippen LogP contribution is 2.32. The summed E-state index contributed by atoms with van der Waals surface area (Å²) in [6, 6.07) is 16.1. The van der Waals surface area contributed by atoms with E-state index in [4.69, 9.17) is 14.5 Å². The van der Waals surface area contributed by atoms with Crippen LogP contribution in [-0.4, -0.2) is 64.8 Å². The number of fused-ring (bicyclic) bond motifs is 1. The van der Waals surface area contributed by atoms with E-state index in [2.05, 4.69) is 20.7 Å². The Morgan fingerprint density at radius 3 is 2.81 bits per heavy atom. The predicted molar refractivity (Wildman–Crippen MR) is 134 cm³/mol. The lowest BCUT2D eigenvalue weighted by Crippen LogP contribution is -2.51. The van der Waals surface area contributed by atoms with E-state index < -0.39 is 0 Å². The van der Waals surface area contributed by atoms with Gasteiger partial charge in [0, 0.05) is 30.4 Å². The van der Waals surface area contributed by atoms with Crippen molar-refractivity contribution >= 4 is 23.2 Å². The minimum Gasteiger partial charge on any atom is -0.490 e. The Kier molecular flexibility index (Phi) is 6.74. The zero-order chi connectivity index (χ0) is 24.9. The second-order valence-electron chi connectivity index (χ2n) is 8.28. The molecule has 2 amide bonds. The molecule has 2 aliphatic heterocycles. The number of piperazine rings is 1. The third kappa shape index (κ3) is 5.12. The van der Waals surface area contributed by atoms with E-state index in [1.807, 2.05) is 48.3 Å². The molecule has 1 unspecified atom stereocenters. The maximum Gasteiger partial charge on any atom is 0.262 e. The molecule has 2 aliphatic rings. The molecule has 0 aliphatic carbocycles. The van der Waals surface area contributed by atoms with Gasteiger partial charge in [0.1, 0.15) is 6.04 Å². The van der Waals surface area contributed by atoms with Crippen molar-refractivity contribution in [2.24, 2.45) is 5.10 Å². The van der Waals surface area contributed by atoms with Crippen LogP contribution in [0.15, 0.2) is 65.9 Å². The van der Waals surface area contributed by atoms with Gasteiger partial charge in [0.25, 0.3) is 5.91 Å². The van der Waals surface area contributed by atoms with Crippen molar-refractivity contribution in [2.75, 3.05) is 31.6 Å². The minimum absolute atomic E-state index is 0.0105. The molecule has 1 fully saturated rings. The van der Waals surface area contributed by atoms with E-state index >= 15 is 0 Å². The number of ether oxygens (including phenoxy) is 2. The Morgan fingerprint density at radius 1 is 1.14 bits per heavy atom. The first-order chi connectivity index (χ1) is 17.6. The van der Waals surface area contributed by atoms with E-state index in [0.29, 0.717) is 54.8 Å². The number of amides is 2. The van der Waals surface area contributed by atoms with Crippen LogP contribution < -0.4 is 20.1 Å². The van der Waals surface area contributed by atoms with E-state index in [-0.39, 0.29) is 24.5 Å². The summed E-state index contributed by atoms with van der Waals surface area (Å²) < 4.78 is 11.5. The minimum atomic E-state index is -0.285. The molecule has 2 aromatic carbocycles. The van der Waals surface area contributed by atoms with Gasteiger partial charge in [-0.15, -0.1) is 0 Å². The van der Waals surface area contributed by atoms with Crippen LogP contribution in [0.2, 0.25) is 0 Å². The first-order valence-electron chi connectivity index (χ1n) is 11.8. The maximum absolute atomic E-state index is 12.3. The Balaban J connectivity index is 1.31. The van der Waals surface area contributed by atoms with Gasteiger partial charge in [-0.2, -0.15) is 5.10 Å². The molecule has 0 bridgehead atoms. The van der Waals surface area contributed by atoms with Gasteiger partial charge in [-0.25, -0.2) is 9.97 Å². The SMILES string of the molecule is CCOc1cc(-c2nccc(C3=NN4CCNC(=O)C4C3)n2)ccc1OCC(=O)Nc1ccccc1. The molecule has 10 nitrogen and oxygen atoms in total. The number of carbonyl (C=O) groups is 2. The quantitative estimate of drug-likeness (QED) is 0.502. The van der Waals surface area contributed by atoms with Gasteiger partial charge in [-0.05, 0) is 43.3 Å². The fourth-order valence-corrected chi connectivity index (χ4v) is 4.11. The van der Waals surface area contributed by atoms with E-state index in [1.165, 1.54) is 0 Å². The van der Waals surface area contributed by atoms with Gasteiger partial charge in [0.15, 0.2) is 23.9 Å². The van der Waals surface area contributed by atoms with Crippen molar-refractivity contribution in [1.82, 2.24) is 20.3 Å². The Morgan fingerprint density at radius 2 is 2.00 bits per heavy atom. The molecular formula is C26H26N6O4. The van der Waals surface area contributed by atoms with Crippen molar-refractivity contribution in [3.05, 3.63) is 66.5 Å². The summed E-state index contributed by atoms with van der Waals surface area (Å²) in [6.07, 6.45) is 2.18. The van der Waals surface area contributed by atoms with Gasteiger partial charge in [0.05, 0.1) is 24.6 Å². The number of anilines is 1. The van der Waals surface area contributed by atoms with Crippen LogP contribution >= 0.6 is 0 Å². The standard InChI is InChI=1S/C26H26N6O4/c1-2-35-23-14-17(8-9-22(23)36-16-24(33)29-18-6-4-3-5-7-18)25-27-11-10-19(30-25)20-15-21-26(34)28-12-13-32(21)31-20/h3-11,14,21H,2,12-13,15-16H2,1H3,(H,28,34)(H,29,33). The summed E-state index contributed by atoms with van der Waals surface area (Å²) in [5, 5.41) is 12.1. The number of nitrogens with one attached hydrogen (secondary N) is 2. The summed E-state index contributed by atoms with van der Waals surface area (Å²) in [4.78, 5) is 33.6. The largest absolute Gasteiger partial charge is 0.490 e. The molecule has 2 N–H and O–H groups in total. The van der Waals surface area contributed by atoms with Crippen LogP contribution in [-0.2, 0) is 9.59 Å². The zero-order valence-electron chi connectivity index (χ0n) is 19.8. The molecule has 0 radical (unpaired) electrons. The highest BCUT2D eigenvalue weighted by Gasteiger charge is 2.35. The van der Waals surface area contributed by atoms with Gasteiger partial charge < -0.3 is 20.1 Å². The monoisotopic (exact) mass is 486 g/mol. The molecular weight excluding hydrogens is 460 g/mol. The average molecular weight is 487 g/mol. The second-order valence-corrected chi connectivity index (χ2v) is 8.28. The highest BCUT2D eigenvalue weighted by molar-refractivity contribution is 6.04. The number of para-hydroxylation sites is 1. The first-order valence-corrected chi connectivity index (χ1v) is 11.8. The lowest BCUT2D eigenvalue weighted by atomic mass is 10.1. The first kappa shape index (κ1) is 23.3. The lowest BCUT2D eigenvalue weighted by Gasteiger charge is -2.27. The summed E-state index contributed by atoms with van der Waals surface area (Å²) >= 11 is 0. The summed E-state index contributed by atoms with van der Waals surface area (Å²) in [5.74, 6) is 1.15. The van der Waals surface area contributed by atoms with E-state index in [0.717, 1.165) is 11.3 Å². The zero-order valence-corrected chi connectivity index (χ0v) is 19.8. The molecule has 0 spiro atoms. The van der Waals surface area contributed by atoms with Crippen LogP contribution in [0.5, 0.6) is 11.5 Å². The number of rotatable bonds is 8. The second kappa shape index (κ2) is 10.4. The van der Waals surface area contributed by atoms with Crippen molar-refractivity contribution in [1.29, 1.82) is 0 Å². The predicted octanol–water partition coefficient (Wildman–Crippen LogP) is 2.47. The number of hydrazone groups is 1. The molecule has 1 aromatic heterocycles. The van der Waals surface area contributed by atoms with Gasteiger partial charge in [-0.1, -0.05) is 18.2 Å². The van der Waals surface area contributed by atoms with Crippen LogP contribution in [0, 0.1) is 0 Å². The number of nitrogens with zero attached hydrogens (tertiary/aromatic N) is 4. The summed E-state index contributed by atoms with van der Waals surface area (Å²) in [6.45, 7) is 3.40. The molecule has 184 valence electrons. The van der Waals surface area contributed by atoms with Crippen molar-refractivity contribution in [2.45, 2.75) is 19.4 Å². The third-order valence-electron chi connectivity index (χ3n) is 5.81. The number of hydrogen-bond donors (Lipinski definition) is 2. The fraction of sp³-hybridized carbons (Fsp3) is 0.269. The topological polar surface area (TPSA) is 118 Å². The number of carbonyl (C=O) groups excluding carboxylic acids is 2. The summed E-state index contributed by atoms with van der Waals surface area (Å²) in [7, 11) is 0. The van der Waals surface area contributed by atoms with Crippen LogP contribution in [0.1, 0.15) is 19.0 Å². The van der Waals surface area contributed by atoms with Crippen LogP contribution in [0.3, 0.4) is 0 Å². The molecule has 3 aromatic rings. The molecule has 0 saturated carbocycles. The van der Waals surface area contributed by atoms with Crippen molar-refractivity contribution < 1.29 is 19.1 Å². The average Bonchev–Trinajstić information content (AvgIpc) is 3.35. The van der Waals surface area contributed by atoms with Crippen molar-refractivity contribution in [3.8, 4) is 22.9 Å². The molecule has 3 heterocycles. The normalized spacial score (nSPS) is 16.6. The lowest BCUT2D eigenvalue weighted by molar-refractivity contribution is -0.128. The Labute approximate surface area is 208 Å². The van der Waals surface area contributed by atoms with E-state index in [1.54, 1.807) is 24.4 Å². The van der Waals surface area contributed by atoms with Crippen LogP contribution in [0.4, 0.5) is 5.69 Å². The van der Waals surface area contributed by atoms with Gasteiger partial charge >= 0.3 is 0 Å². The maximum atomic E-state index is 12.3. The molecule has 10 heteroatoms. The summed E-state index contributed by atoms with van der Waals surface area (Å²) in [5.41, 5.74) is 2.87. The molecule has 5 rings (SSSR count). The number of aromatic nitrogens is 2. The smallest absolute Gasteiger partial charge is 0.262 e. The van der Waals surface area contributed by atoms with Gasteiger partial charge in [-0.3, -0.25) is 14.6 Å². The fourth-order valence-electron chi connectivity index (χ4n) is 4.11. The number of benzene rings is 2. The molecule has 1 saturated heterocycles. The van der Waals surface area contributed by atoms with Crippen molar-refractivity contribution in [3.63, 3.8) is 0 Å². The molecule has 36 heavy (non-hydrogen) atoms. The highest BCUT2D eigenvalue weighted by atomic mass is 16.5. The Hall–Kier alpha value is -4.47. The molecule has 1 atom stereocenters. The van der Waals surface area contributed by atoms with Crippen LogP contribution in [0.25, 0.3) is 11.4 Å². The Bertz CT molecular complexity index is 1300. The third-order valence-corrected chi connectivity index (χ3v) is 5.81. The number of hydrogen-bond acceptors (Lipinski definition) is 8.